The number of aryl methyl sites for hydroxylation is 1. The lowest BCUT2D eigenvalue weighted by Crippen LogP contribution is -2.22. The third-order valence-electron chi connectivity index (χ3n) is 3.92. The van der Waals surface area contributed by atoms with E-state index in [2.05, 4.69) is 9.97 Å². The molecule has 0 saturated heterocycles. The van der Waals surface area contributed by atoms with Gasteiger partial charge in [0.15, 0.2) is 11.6 Å². The number of carbonyl (C=O) groups is 2. The summed E-state index contributed by atoms with van der Waals surface area (Å²) in [6.45, 7) is 1.57. The van der Waals surface area contributed by atoms with Crippen LogP contribution in [0.25, 0.3) is 11.0 Å². The summed E-state index contributed by atoms with van der Waals surface area (Å²) in [5.74, 6) is -0.437. The van der Waals surface area contributed by atoms with Crippen LogP contribution in [0.2, 0.25) is 0 Å². The van der Waals surface area contributed by atoms with Crippen LogP contribution >= 0.6 is 0 Å². The molecular formula is C17H10N2O3. The summed E-state index contributed by atoms with van der Waals surface area (Å²) in [5.41, 5.74) is 2.15. The Morgan fingerprint density at radius 1 is 0.864 bits per heavy atom. The number of ketones is 2. The summed E-state index contributed by atoms with van der Waals surface area (Å²) in [7, 11) is 0. The Labute approximate surface area is 124 Å². The van der Waals surface area contributed by atoms with Gasteiger partial charge in [-0.3, -0.25) is 14.4 Å². The van der Waals surface area contributed by atoms with Crippen LogP contribution in [0.3, 0.4) is 0 Å². The summed E-state index contributed by atoms with van der Waals surface area (Å²) in [6, 6.07) is 9.92. The van der Waals surface area contributed by atoms with Gasteiger partial charge in [0, 0.05) is 16.7 Å². The Hall–Kier alpha value is -3.08. The molecule has 0 amide bonds. The van der Waals surface area contributed by atoms with Gasteiger partial charge < -0.3 is 4.98 Å². The van der Waals surface area contributed by atoms with E-state index in [4.69, 9.17) is 0 Å². The smallest absolute Gasteiger partial charge is 0.269 e. The quantitative estimate of drug-likeness (QED) is 0.537. The van der Waals surface area contributed by atoms with Crippen LogP contribution in [0.4, 0.5) is 0 Å². The normalized spacial score (nSPS) is 13.1. The molecule has 0 spiro atoms. The van der Waals surface area contributed by atoms with E-state index >= 15 is 0 Å². The molecule has 1 N–H and O–H groups in total. The summed E-state index contributed by atoms with van der Waals surface area (Å²) in [5, 5.41) is 0. The zero-order chi connectivity index (χ0) is 15.4. The second kappa shape index (κ2) is 4.21. The number of nitrogens with one attached hydrogen (secondary N) is 1. The third-order valence-corrected chi connectivity index (χ3v) is 3.92. The maximum atomic E-state index is 12.8. The molecule has 1 aliphatic carbocycles. The number of nitrogens with zero attached hydrogens (tertiary/aromatic N) is 1. The van der Waals surface area contributed by atoms with Crippen molar-refractivity contribution in [2.45, 2.75) is 6.92 Å². The Morgan fingerprint density at radius 3 is 2.27 bits per heavy atom. The molecule has 5 heteroatoms. The molecule has 0 bridgehead atoms. The first-order valence-electron chi connectivity index (χ1n) is 6.80. The fourth-order valence-electron chi connectivity index (χ4n) is 2.82. The number of aromatic amines is 1. The molecule has 4 rings (SSSR count). The summed E-state index contributed by atoms with van der Waals surface area (Å²) >= 11 is 0. The molecular weight excluding hydrogens is 280 g/mol. The van der Waals surface area contributed by atoms with E-state index in [-0.39, 0.29) is 28.4 Å². The van der Waals surface area contributed by atoms with Crippen molar-refractivity contribution in [2.24, 2.45) is 0 Å². The zero-order valence-electron chi connectivity index (χ0n) is 11.6. The van der Waals surface area contributed by atoms with E-state index in [9.17, 15) is 14.4 Å². The van der Waals surface area contributed by atoms with Crippen molar-refractivity contribution in [3.8, 4) is 0 Å². The largest absolute Gasteiger partial charge is 0.319 e. The summed E-state index contributed by atoms with van der Waals surface area (Å²) in [4.78, 5) is 44.0. The maximum Gasteiger partial charge on any atom is 0.269 e. The Morgan fingerprint density at radius 2 is 1.55 bits per heavy atom. The molecule has 1 aliphatic rings. The van der Waals surface area contributed by atoms with Crippen molar-refractivity contribution in [2.75, 3.05) is 0 Å². The van der Waals surface area contributed by atoms with Gasteiger partial charge in [0.2, 0.25) is 0 Å². The standard InChI is InChI=1S/C17H10N2O3/c1-8-17(22)19-12-7-6-11-13(14(12)18-8)16(21)10-5-3-2-4-9(10)15(11)20/h2-7H,1H3,(H,19,22). The maximum absolute atomic E-state index is 12.8. The van der Waals surface area contributed by atoms with E-state index in [0.717, 1.165) is 0 Å². The Balaban J connectivity index is 2.15. The molecule has 0 atom stereocenters. The fourth-order valence-corrected chi connectivity index (χ4v) is 2.82. The van der Waals surface area contributed by atoms with Gasteiger partial charge in [-0.25, -0.2) is 4.98 Å². The molecule has 22 heavy (non-hydrogen) atoms. The van der Waals surface area contributed by atoms with Crippen molar-refractivity contribution < 1.29 is 9.59 Å². The van der Waals surface area contributed by atoms with Crippen molar-refractivity contribution >= 4 is 22.6 Å². The Kier molecular flexibility index (Phi) is 2.42. The first-order chi connectivity index (χ1) is 10.6. The highest BCUT2D eigenvalue weighted by Crippen LogP contribution is 2.30. The van der Waals surface area contributed by atoms with E-state index < -0.39 is 0 Å². The lowest BCUT2D eigenvalue weighted by atomic mass is 9.83. The number of H-pyrrole nitrogens is 1. The van der Waals surface area contributed by atoms with E-state index in [1.54, 1.807) is 43.3 Å². The second-order valence-electron chi connectivity index (χ2n) is 5.24. The average molecular weight is 290 g/mol. The molecule has 1 heterocycles. The minimum absolute atomic E-state index is 0.197. The van der Waals surface area contributed by atoms with Crippen molar-refractivity contribution in [1.29, 1.82) is 0 Å². The first-order valence-corrected chi connectivity index (χ1v) is 6.80. The van der Waals surface area contributed by atoms with Crippen LogP contribution in [0, 0.1) is 6.92 Å². The molecule has 3 aromatic rings. The molecule has 1 aromatic heterocycles. The highest BCUT2D eigenvalue weighted by molar-refractivity contribution is 6.31. The van der Waals surface area contributed by atoms with Gasteiger partial charge in [0.05, 0.1) is 16.6 Å². The monoisotopic (exact) mass is 290 g/mol. The minimum Gasteiger partial charge on any atom is -0.319 e. The van der Waals surface area contributed by atoms with Gasteiger partial charge in [-0.15, -0.1) is 0 Å². The number of benzene rings is 2. The van der Waals surface area contributed by atoms with E-state index in [1.807, 2.05) is 0 Å². The van der Waals surface area contributed by atoms with Crippen LogP contribution < -0.4 is 5.56 Å². The highest BCUT2D eigenvalue weighted by atomic mass is 16.1. The van der Waals surface area contributed by atoms with Gasteiger partial charge in [-0.1, -0.05) is 24.3 Å². The third kappa shape index (κ3) is 1.53. The number of fused-ring (bicyclic) bond motifs is 4. The van der Waals surface area contributed by atoms with Crippen LogP contribution in [0.1, 0.15) is 37.5 Å². The van der Waals surface area contributed by atoms with Crippen molar-refractivity contribution in [1.82, 2.24) is 9.97 Å². The van der Waals surface area contributed by atoms with Crippen LogP contribution in [0.5, 0.6) is 0 Å². The zero-order valence-corrected chi connectivity index (χ0v) is 11.6. The average Bonchev–Trinajstić information content (AvgIpc) is 2.53. The SMILES string of the molecule is Cc1nc2c3c(ccc2[nH]c1=O)C(=O)c1ccccc1C3=O. The first kappa shape index (κ1) is 12.6. The fraction of sp³-hybridized carbons (Fsp3) is 0.0588. The summed E-state index contributed by atoms with van der Waals surface area (Å²) < 4.78 is 0. The number of hydrogen-bond donors (Lipinski definition) is 1. The number of aromatic nitrogens is 2. The molecule has 0 saturated carbocycles. The highest BCUT2D eigenvalue weighted by Gasteiger charge is 2.31. The van der Waals surface area contributed by atoms with E-state index in [0.29, 0.717) is 27.7 Å². The van der Waals surface area contributed by atoms with Gasteiger partial charge in [-0.05, 0) is 19.1 Å². The van der Waals surface area contributed by atoms with Gasteiger partial charge in [0.25, 0.3) is 5.56 Å². The van der Waals surface area contributed by atoms with Gasteiger partial charge >= 0.3 is 0 Å². The van der Waals surface area contributed by atoms with Crippen molar-refractivity contribution in [3.63, 3.8) is 0 Å². The van der Waals surface area contributed by atoms with Gasteiger partial charge in [0.1, 0.15) is 5.69 Å². The number of carbonyl (C=O) groups excluding carboxylic acids is 2. The lowest BCUT2D eigenvalue weighted by Gasteiger charge is -2.18. The second-order valence-corrected chi connectivity index (χ2v) is 5.24. The molecule has 0 radical (unpaired) electrons. The molecule has 0 fully saturated rings. The van der Waals surface area contributed by atoms with Gasteiger partial charge in [-0.2, -0.15) is 0 Å². The molecule has 5 nitrogen and oxygen atoms in total. The van der Waals surface area contributed by atoms with Crippen molar-refractivity contribution in [3.05, 3.63) is 74.7 Å². The Bertz CT molecular complexity index is 1050. The number of hydrogen-bond acceptors (Lipinski definition) is 4. The topological polar surface area (TPSA) is 79.9 Å². The van der Waals surface area contributed by atoms with Crippen LogP contribution in [-0.2, 0) is 0 Å². The van der Waals surface area contributed by atoms with Crippen LogP contribution in [-0.4, -0.2) is 21.5 Å². The molecule has 106 valence electrons. The molecule has 0 aliphatic heterocycles. The number of rotatable bonds is 0. The predicted molar refractivity (Wildman–Crippen MR) is 80.4 cm³/mol. The van der Waals surface area contributed by atoms with E-state index in [1.165, 1.54) is 0 Å². The molecule has 0 unspecified atom stereocenters. The lowest BCUT2D eigenvalue weighted by molar-refractivity contribution is 0.0980. The summed E-state index contributed by atoms with van der Waals surface area (Å²) in [6.07, 6.45) is 0. The predicted octanol–water partition coefficient (Wildman–Crippen LogP) is 2.01. The molecule has 2 aromatic carbocycles. The minimum atomic E-state index is -0.303. The van der Waals surface area contributed by atoms with Crippen LogP contribution in [0.15, 0.2) is 41.2 Å².